The third kappa shape index (κ3) is 4.71. The summed E-state index contributed by atoms with van der Waals surface area (Å²) in [6.45, 7) is 4.08. The van der Waals surface area contributed by atoms with Gasteiger partial charge in [0.1, 0.15) is 12.3 Å². The maximum Gasteiger partial charge on any atom is 0.264 e. The molecule has 2 aromatic rings. The third-order valence-electron chi connectivity index (χ3n) is 6.42. The number of ether oxygens (including phenoxy) is 1. The van der Waals surface area contributed by atoms with Gasteiger partial charge in [0.15, 0.2) is 0 Å². The van der Waals surface area contributed by atoms with Gasteiger partial charge in [-0.2, -0.15) is 0 Å². The predicted octanol–water partition coefficient (Wildman–Crippen LogP) is 3.89. The largest absolute Gasteiger partial charge is 0.494 e. The topological polar surface area (TPSA) is 75.7 Å². The highest BCUT2D eigenvalue weighted by Crippen LogP contribution is 2.44. The molecule has 0 saturated heterocycles. The van der Waals surface area contributed by atoms with Crippen LogP contribution < -0.4 is 14.4 Å². The van der Waals surface area contributed by atoms with E-state index in [1.165, 1.54) is 29.3 Å². The van der Waals surface area contributed by atoms with Crippen molar-refractivity contribution >= 4 is 21.6 Å². The molecule has 2 aliphatic rings. The van der Waals surface area contributed by atoms with Crippen molar-refractivity contribution in [1.82, 2.24) is 5.32 Å². The number of hydrogen-bond donors (Lipinski definition) is 1. The molecule has 0 aromatic heterocycles. The van der Waals surface area contributed by atoms with E-state index in [4.69, 9.17) is 4.74 Å². The van der Waals surface area contributed by atoms with Crippen LogP contribution in [0.1, 0.15) is 38.2 Å². The van der Waals surface area contributed by atoms with E-state index in [-0.39, 0.29) is 23.4 Å². The number of fused-ring (bicyclic) bond motifs is 2. The first kappa shape index (κ1) is 21.7. The molecule has 0 spiro atoms. The summed E-state index contributed by atoms with van der Waals surface area (Å²) in [6, 6.07) is 13.7. The van der Waals surface area contributed by atoms with Crippen molar-refractivity contribution in [2.24, 2.45) is 11.8 Å². The fourth-order valence-corrected chi connectivity index (χ4v) is 6.25. The van der Waals surface area contributed by atoms with Crippen LogP contribution in [0.2, 0.25) is 0 Å². The second-order valence-corrected chi connectivity index (χ2v) is 10.5. The number of benzene rings is 2. The maximum absolute atomic E-state index is 13.5. The molecular weight excluding hydrogens is 412 g/mol. The van der Waals surface area contributed by atoms with Crippen LogP contribution in [0.25, 0.3) is 0 Å². The molecule has 2 fully saturated rings. The monoisotopic (exact) mass is 442 g/mol. The zero-order chi connectivity index (χ0) is 22.0. The Kier molecular flexibility index (Phi) is 6.23. The zero-order valence-electron chi connectivity index (χ0n) is 18.1. The Bertz CT molecular complexity index is 1020. The molecule has 2 bridgehead atoms. The van der Waals surface area contributed by atoms with Gasteiger partial charge < -0.3 is 10.1 Å². The summed E-state index contributed by atoms with van der Waals surface area (Å²) in [5, 5.41) is 3.11. The lowest BCUT2D eigenvalue weighted by Gasteiger charge is -2.27. The van der Waals surface area contributed by atoms with Crippen LogP contribution in [-0.2, 0) is 14.8 Å². The molecule has 0 radical (unpaired) electrons. The fourth-order valence-electron chi connectivity index (χ4n) is 4.83. The first-order valence-electron chi connectivity index (χ1n) is 11.0. The van der Waals surface area contributed by atoms with E-state index < -0.39 is 10.0 Å². The number of carbonyl (C=O) groups excluding carboxylic acids is 1. The van der Waals surface area contributed by atoms with Crippen LogP contribution in [0, 0.1) is 18.8 Å². The van der Waals surface area contributed by atoms with Crippen molar-refractivity contribution in [2.45, 2.75) is 50.5 Å². The smallest absolute Gasteiger partial charge is 0.264 e. The molecule has 2 aliphatic carbocycles. The fraction of sp³-hybridized carbons (Fsp3) is 0.458. The average molecular weight is 443 g/mol. The van der Waals surface area contributed by atoms with E-state index in [1.54, 1.807) is 24.3 Å². The molecule has 6 nitrogen and oxygen atoms in total. The van der Waals surface area contributed by atoms with Crippen molar-refractivity contribution in [2.75, 3.05) is 17.5 Å². The minimum Gasteiger partial charge on any atom is -0.494 e. The van der Waals surface area contributed by atoms with Gasteiger partial charge in [-0.25, -0.2) is 8.42 Å². The second kappa shape index (κ2) is 8.91. The molecule has 7 heteroatoms. The zero-order valence-corrected chi connectivity index (χ0v) is 18.9. The summed E-state index contributed by atoms with van der Waals surface area (Å²) in [5.74, 6) is 1.59. The third-order valence-corrected chi connectivity index (χ3v) is 8.20. The van der Waals surface area contributed by atoms with Crippen LogP contribution in [0.3, 0.4) is 0 Å². The quantitative estimate of drug-likeness (QED) is 0.673. The van der Waals surface area contributed by atoms with Crippen LogP contribution in [0.5, 0.6) is 5.75 Å². The lowest BCUT2D eigenvalue weighted by molar-refractivity contribution is -0.120. The number of nitrogens with one attached hydrogen (secondary N) is 1. The van der Waals surface area contributed by atoms with E-state index in [0.29, 0.717) is 29.9 Å². The van der Waals surface area contributed by atoms with Gasteiger partial charge in [-0.1, -0.05) is 24.1 Å². The Morgan fingerprint density at radius 3 is 2.35 bits per heavy atom. The van der Waals surface area contributed by atoms with E-state index in [9.17, 15) is 13.2 Å². The average Bonchev–Trinajstić information content (AvgIpc) is 3.37. The van der Waals surface area contributed by atoms with Gasteiger partial charge in [-0.15, -0.1) is 0 Å². The number of aryl methyl sites for hydroxylation is 1. The number of anilines is 1. The van der Waals surface area contributed by atoms with E-state index in [2.05, 4.69) is 5.32 Å². The Morgan fingerprint density at radius 1 is 1.06 bits per heavy atom. The summed E-state index contributed by atoms with van der Waals surface area (Å²) < 4.78 is 33.6. The molecule has 2 aromatic carbocycles. The van der Waals surface area contributed by atoms with Gasteiger partial charge in [0.2, 0.25) is 5.91 Å². The first-order chi connectivity index (χ1) is 14.9. The predicted molar refractivity (Wildman–Crippen MR) is 121 cm³/mol. The van der Waals surface area contributed by atoms with Crippen molar-refractivity contribution in [3.63, 3.8) is 0 Å². The Morgan fingerprint density at radius 2 is 1.77 bits per heavy atom. The van der Waals surface area contributed by atoms with E-state index in [0.717, 1.165) is 18.4 Å². The highest BCUT2D eigenvalue weighted by atomic mass is 32.2. The number of amides is 1. The van der Waals surface area contributed by atoms with Crippen LogP contribution in [0.4, 0.5) is 5.69 Å². The van der Waals surface area contributed by atoms with Gasteiger partial charge in [0.25, 0.3) is 10.0 Å². The lowest BCUT2D eigenvalue weighted by atomic mass is 9.95. The number of nitrogens with zero attached hydrogens (tertiary/aromatic N) is 1. The van der Waals surface area contributed by atoms with Gasteiger partial charge in [0, 0.05) is 6.04 Å². The Hall–Kier alpha value is -2.54. The van der Waals surface area contributed by atoms with Crippen molar-refractivity contribution < 1.29 is 17.9 Å². The molecule has 166 valence electrons. The summed E-state index contributed by atoms with van der Waals surface area (Å²) in [6.07, 6.45) is 4.59. The minimum atomic E-state index is -3.92. The Labute approximate surface area is 184 Å². The van der Waals surface area contributed by atoms with Crippen LogP contribution >= 0.6 is 0 Å². The first-order valence-corrected chi connectivity index (χ1v) is 12.4. The number of rotatable bonds is 8. The lowest BCUT2D eigenvalue weighted by Crippen LogP contribution is -2.46. The summed E-state index contributed by atoms with van der Waals surface area (Å²) in [5.41, 5.74) is 1.50. The van der Waals surface area contributed by atoms with Gasteiger partial charge in [-0.3, -0.25) is 9.10 Å². The normalized spacial score (nSPS) is 22.3. The molecule has 3 atom stereocenters. The standard InChI is InChI=1S/C24H30N2O4S/c1-3-30-21-10-12-22(13-11-21)31(28,29)26(20-8-4-17(2)5-9-20)16-24(27)25-23-15-18-6-7-19(23)14-18/h4-5,8-13,18-19,23H,3,6-7,14-16H2,1-2H3,(H,25,27)/t18-,19-,23+/m0/s1. The molecule has 0 aliphatic heterocycles. The van der Waals surface area contributed by atoms with E-state index in [1.807, 2.05) is 26.0 Å². The number of sulfonamides is 1. The summed E-state index contributed by atoms with van der Waals surface area (Å²) >= 11 is 0. The van der Waals surface area contributed by atoms with Crippen molar-refractivity contribution in [1.29, 1.82) is 0 Å². The van der Waals surface area contributed by atoms with Crippen molar-refractivity contribution in [3.05, 3.63) is 54.1 Å². The van der Waals surface area contributed by atoms with Crippen LogP contribution in [0.15, 0.2) is 53.4 Å². The maximum atomic E-state index is 13.5. The molecular formula is C24H30N2O4S. The summed E-state index contributed by atoms with van der Waals surface area (Å²) in [4.78, 5) is 13.0. The van der Waals surface area contributed by atoms with Gasteiger partial charge in [-0.05, 0) is 81.3 Å². The SMILES string of the molecule is CCOc1ccc(S(=O)(=O)N(CC(=O)N[C@@H]2C[C@H]3CC[C@H]2C3)c2ccc(C)cc2)cc1. The van der Waals surface area contributed by atoms with E-state index >= 15 is 0 Å². The Balaban J connectivity index is 1.57. The molecule has 1 amide bonds. The number of carbonyl (C=O) groups is 1. The second-order valence-electron chi connectivity index (χ2n) is 8.60. The highest BCUT2D eigenvalue weighted by Gasteiger charge is 2.40. The number of hydrogen-bond acceptors (Lipinski definition) is 4. The molecule has 0 heterocycles. The molecule has 0 unspecified atom stereocenters. The van der Waals surface area contributed by atoms with Gasteiger partial charge >= 0.3 is 0 Å². The van der Waals surface area contributed by atoms with Gasteiger partial charge in [0.05, 0.1) is 17.2 Å². The minimum absolute atomic E-state index is 0.129. The molecule has 2 saturated carbocycles. The van der Waals surface area contributed by atoms with Crippen LogP contribution in [-0.4, -0.2) is 33.5 Å². The summed E-state index contributed by atoms with van der Waals surface area (Å²) in [7, 11) is -3.92. The van der Waals surface area contributed by atoms with Crippen molar-refractivity contribution in [3.8, 4) is 5.75 Å². The highest BCUT2D eigenvalue weighted by molar-refractivity contribution is 7.92. The molecule has 4 rings (SSSR count). The molecule has 1 N–H and O–H groups in total. The molecule has 31 heavy (non-hydrogen) atoms.